The van der Waals surface area contributed by atoms with Crippen molar-refractivity contribution in [3.63, 3.8) is 0 Å². The summed E-state index contributed by atoms with van der Waals surface area (Å²) in [5.41, 5.74) is 2.32. The summed E-state index contributed by atoms with van der Waals surface area (Å²) in [5, 5.41) is 3.43. The average Bonchev–Trinajstić information content (AvgIpc) is 2.52. The molecule has 0 aliphatic heterocycles. The van der Waals surface area contributed by atoms with Gasteiger partial charge in [0.15, 0.2) is 0 Å². The minimum atomic E-state index is 0.943. The summed E-state index contributed by atoms with van der Waals surface area (Å²) >= 11 is 0. The lowest BCUT2D eigenvalue weighted by Gasteiger charge is -2.08. The molecule has 1 aromatic rings. The van der Waals surface area contributed by atoms with Gasteiger partial charge in [-0.3, -0.25) is 0 Å². The number of hydrogen-bond donors (Lipinski definition) is 1. The monoisotopic (exact) mass is 277 g/mol. The normalized spacial score (nSPS) is 10.2. The van der Waals surface area contributed by atoms with Gasteiger partial charge >= 0.3 is 0 Å². The third-order valence-corrected chi connectivity index (χ3v) is 2.88. The minimum Gasteiger partial charge on any atom is -0.366 e. The molecule has 0 aliphatic rings. The Balaban J connectivity index is 0.00000172. The second-order valence-corrected chi connectivity index (χ2v) is 4.51. The Bertz CT molecular complexity index is 344. The van der Waals surface area contributed by atoms with E-state index in [2.05, 4.69) is 53.3 Å². The van der Waals surface area contributed by atoms with E-state index in [0.29, 0.717) is 0 Å². The average molecular weight is 277 g/mol. The first-order valence-corrected chi connectivity index (χ1v) is 7.80. The van der Waals surface area contributed by atoms with Crippen LogP contribution in [-0.2, 0) is 6.54 Å². The number of nitrogens with zero attached hydrogens (tertiary/aromatic N) is 2. The molecule has 0 unspecified atom stereocenters. The standard InChI is InChI=1S/C15H25N3.C2H6/c1-4-6-11-16-12-14-7-9-15(10-8-14)17-13-18(3)5-2;1-2/h7-10,13,16H,4-6,11-12H2,1-3H3;1-2H3. The summed E-state index contributed by atoms with van der Waals surface area (Å²) < 4.78 is 0. The highest BCUT2D eigenvalue weighted by atomic mass is 15.1. The molecule has 0 fully saturated rings. The predicted octanol–water partition coefficient (Wildman–Crippen LogP) is 4.21. The highest BCUT2D eigenvalue weighted by molar-refractivity contribution is 5.60. The van der Waals surface area contributed by atoms with E-state index in [1.54, 1.807) is 0 Å². The summed E-state index contributed by atoms with van der Waals surface area (Å²) in [5.74, 6) is 0. The van der Waals surface area contributed by atoms with Gasteiger partial charge in [0.25, 0.3) is 0 Å². The first kappa shape index (κ1) is 18.7. The van der Waals surface area contributed by atoms with Crippen LogP contribution in [0.15, 0.2) is 29.3 Å². The molecular weight excluding hydrogens is 246 g/mol. The Labute approximate surface area is 125 Å². The van der Waals surface area contributed by atoms with Crippen molar-refractivity contribution < 1.29 is 0 Å². The zero-order valence-electron chi connectivity index (χ0n) is 13.8. The molecular formula is C17H31N3. The van der Waals surface area contributed by atoms with E-state index in [4.69, 9.17) is 0 Å². The Morgan fingerprint density at radius 1 is 1.15 bits per heavy atom. The zero-order valence-corrected chi connectivity index (χ0v) is 13.8. The molecule has 20 heavy (non-hydrogen) atoms. The maximum absolute atomic E-state index is 4.41. The van der Waals surface area contributed by atoms with Crippen molar-refractivity contribution in [1.82, 2.24) is 10.2 Å². The molecule has 0 amide bonds. The molecule has 0 saturated carbocycles. The first-order chi connectivity index (χ1) is 9.76. The van der Waals surface area contributed by atoms with Crippen LogP contribution in [-0.4, -0.2) is 31.4 Å². The fourth-order valence-electron chi connectivity index (χ4n) is 1.48. The molecule has 3 nitrogen and oxygen atoms in total. The van der Waals surface area contributed by atoms with Gasteiger partial charge in [0.1, 0.15) is 0 Å². The van der Waals surface area contributed by atoms with Crippen molar-refractivity contribution in [2.75, 3.05) is 20.1 Å². The molecule has 0 heterocycles. The van der Waals surface area contributed by atoms with Gasteiger partial charge in [-0.05, 0) is 37.6 Å². The molecule has 1 rings (SSSR count). The highest BCUT2D eigenvalue weighted by Gasteiger charge is 1.93. The van der Waals surface area contributed by atoms with Gasteiger partial charge in [-0.2, -0.15) is 0 Å². The Morgan fingerprint density at radius 2 is 1.80 bits per heavy atom. The molecule has 3 heteroatoms. The molecule has 1 N–H and O–H groups in total. The number of rotatable bonds is 8. The number of unbranched alkanes of at least 4 members (excludes halogenated alkanes) is 1. The number of benzene rings is 1. The van der Waals surface area contributed by atoms with E-state index in [-0.39, 0.29) is 0 Å². The lowest BCUT2D eigenvalue weighted by molar-refractivity contribution is 0.552. The third kappa shape index (κ3) is 8.70. The summed E-state index contributed by atoms with van der Waals surface area (Å²) in [7, 11) is 2.02. The van der Waals surface area contributed by atoms with Gasteiger partial charge in [-0.15, -0.1) is 0 Å². The zero-order chi connectivity index (χ0) is 15.2. The van der Waals surface area contributed by atoms with Crippen LogP contribution < -0.4 is 5.32 Å². The van der Waals surface area contributed by atoms with Gasteiger partial charge in [0.2, 0.25) is 0 Å². The molecule has 114 valence electrons. The predicted molar refractivity (Wildman–Crippen MR) is 90.9 cm³/mol. The van der Waals surface area contributed by atoms with Crippen LogP contribution in [0.3, 0.4) is 0 Å². The first-order valence-electron chi connectivity index (χ1n) is 7.80. The van der Waals surface area contributed by atoms with E-state index < -0.39 is 0 Å². The summed E-state index contributed by atoms with van der Waals surface area (Å²) in [4.78, 5) is 6.46. The van der Waals surface area contributed by atoms with E-state index in [0.717, 1.165) is 25.3 Å². The molecule has 0 radical (unpaired) electrons. The molecule has 0 atom stereocenters. The van der Waals surface area contributed by atoms with Crippen molar-refractivity contribution in [2.24, 2.45) is 4.99 Å². The van der Waals surface area contributed by atoms with Crippen LogP contribution in [0.4, 0.5) is 5.69 Å². The van der Waals surface area contributed by atoms with E-state index >= 15 is 0 Å². The lowest BCUT2D eigenvalue weighted by atomic mass is 10.2. The SMILES string of the molecule is CC.CCCCNCc1ccc(N=CN(C)CC)cc1. The molecule has 0 saturated heterocycles. The van der Waals surface area contributed by atoms with Gasteiger partial charge in [0, 0.05) is 20.1 Å². The van der Waals surface area contributed by atoms with Crippen molar-refractivity contribution in [2.45, 2.75) is 47.1 Å². The lowest BCUT2D eigenvalue weighted by Crippen LogP contribution is -2.14. The largest absolute Gasteiger partial charge is 0.366 e. The smallest absolute Gasteiger partial charge is 0.0909 e. The number of hydrogen-bond acceptors (Lipinski definition) is 2. The van der Waals surface area contributed by atoms with E-state index in [1.807, 2.05) is 27.2 Å². The molecule has 0 spiro atoms. The van der Waals surface area contributed by atoms with Crippen LogP contribution in [0.25, 0.3) is 0 Å². The topological polar surface area (TPSA) is 27.6 Å². The van der Waals surface area contributed by atoms with Crippen LogP contribution >= 0.6 is 0 Å². The number of aliphatic imine (C=N–C) groups is 1. The summed E-state index contributed by atoms with van der Waals surface area (Å²) in [6, 6.07) is 8.41. The maximum Gasteiger partial charge on any atom is 0.0909 e. The Morgan fingerprint density at radius 3 is 2.35 bits per heavy atom. The quantitative estimate of drug-likeness (QED) is 0.438. The van der Waals surface area contributed by atoms with Crippen LogP contribution in [0.5, 0.6) is 0 Å². The Hall–Kier alpha value is -1.35. The van der Waals surface area contributed by atoms with E-state index in [1.165, 1.54) is 18.4 Å². The van der Waals surface area contributed by atoms with Gasteiger partial charge in [-0.1, -0.05) is 39.3 Å². The van der Waals surface area contributed by atoms with Gasteiger partial charge < -0.3 is 10.2 Å². The second kappa shape index (κ2) is 12.7. The van der Waals surface area contributed by atoms with Crippen LogP contribution in [0, 0.1) is 0 Å². The third-order valence-electron chi connectivity index (χ3n) is 2.88. The van der Waals surface area contributed by atoms with Crippen LogP contribution in [0.1, 0.15) is 46.1 Å². The Kier molecular flexibility index (Phi) is 11.8. The maximum atomic E-state index is 4.41. The van der Waals surface area contributed by atoms with Crippen LogP contribution in [0.2, 0.25) is 0 Å². The van der Waals surface area contributed by atoms with Crippen molar-refractivity contribution >= 4 is 12.0 Å². The molecule has 0 bridgehead atoms. The van der Waals surface area contributed by atoms with E-state index in [9.17, 15) is 0 Å². The summed E-state index contributed by atoms with van der Waals surface area (Å²) in [6.45, 7) is 11.3. The molecule has 0 aliphatic carbocycles. The summed E-state index contributed by atoms with van der Waals surface area (Å²) in [6.07, 6.45) is 4.35. The van der Waals surface area contributed by atoms with Gasteiger partial charge in [0.05, 0.1) is 12.0 Å². The second-order valence-electron chi connectivity index (χ2n) is 4.51. The van der Waals surface area contributed by atoms with Crippen molar-refractivity contribution in [3.8, 4) is 0 Å². The van der Waals surface area contributed by atoms with Crippen molar-refractivity contribution in [3.05, 3.63) is 29.8 Å². The highest BCUT2D eigenvalue weighted by Crippen LogP contribution is 2.12. The minimum absolute atomic E-state index is 0.943. The fourth-order valence-corrected chi connectivity index (χ4v) is 1.48. The fraction of sp³-hybridized carbons (Fsp3) is 0.588. The molecule has 0 aromatic heterocycles. The van der Waals surface area contributed by atoms with Crippen molar-refractivity contribution in [1.29, 1.82) is 0 Å². The van der Waals surface area contributed by atoms with Gasteiger partial charge in [-0.25, -0.2) is 4.99 Å². The molecule has 1 aromatic carbocycles. The number of nitrogens with one attached hydrogen (secondary N) is 1.